The van der Waals surface area contributed by atoms with Crippen molar-refractivity contribution in [2.24, 2.45) is 0 Å². The molecule has 0 amide bonds. The molecule has 0 radical (unpaired) electrons. The van der Waals surface area contributed by atoms with Gasteiger partial charge in [0.2, 0.25) is 0 Å². The molecule has 0 saturated carbocycles. The molecule has 0 saturated heterocycles. The Morgan fingerprint density at radius 1 is 0.692 bits per heavy atom. The maximum Gasteiger partial charge on any atom is 1.00 e. The molecule has 4 rings (SSSR count). The first-order valence-corrected chi connectivity index (χ1v) is 7.53. The van der Waals surface area contributed by atoms with Crippen LogP contribution in [0.15, 0.2) is 67.0 Å². The average Bonchev–Trinajstić information content (AvgIpc) is 2.61. The maximum atomic E-state index is 12.2. The van der Waals surface area contributed by atoms with Crippen molar-refractivity contribution in [3.63, 3.8) is 0 Å². The van der Waals surface area contributed by atoms with Crippen LogP contribution in [0.25, 0.3) is 21.9 Å². The first-order valence-electron chi connectivity index (χ1n) is 7.53. The van der Waals surface area contributed by atoms with Crippen molar-refractivity contribution in [3.05, 3.63) is 80.5 Å². The number of hydrogen-bond donors (Lipinski definition) is 2. The number of rotatable bonds is 2. The second-order valence-corrected chi connectivity index (χ2v) is 5.60. The van der Waals surface area contributed by atoms with Crippen LogP contribution in [-0.2, 0) is 6.42 Å². The van der Waals surface area contributed by atoms with E-state index in [2.05, 4.69) is 0 Å². The Hall–Kier alpha value is -2.54. The van der Waals surface area contributed by atoms with E-state index in [1.54, 1.807) is 48.5 Å². The molecule has 2 heterocycles. The van der Waals surface area contributed by atoms with Crippen molar-refractivity contribution in [1.82, 2.24) is 0 Å². The molecule has 6 nitrogen and oxygen atoms in total. The van der Waals surface area contributed by atoms with Gasteiger partial charge in [0.05, 0.1) is 21.9 Å². The zero-order chi connectivity index (χ0) is 17.6. The number of benzene rings is 2. The standard InChI is InChI=1S/C19H12O6.Na/c20-16-10-5-1-3-7-14(10)24-18(22)12(16)9-13-17(21)11-6-2-4-8-15(11)25-19(13)23;/h1-8,20-21H,9H2;/q;+1. The van der Waals surface area contributed by atoms with Crippen molar-refractivity contribution in [2.75, 3.05) is 0 Å². The number of para-hydroxylation sites is 2. The molecular weight excluding hydrogens is 347 g/mol. The third-order valence-corrected chi connectivity index (χ3v) is 4.11. The van der Waals surface area contributed by atoms with Crippen LogP contribution in [0.3, 0.4) is 0 Å². The summed E-state index contributed by atoms with van der Waals surface area (Å²) >= 11 is 0. The van der Waals surface area contributed by atoms with E-state index in [-0.39, 0.29) is 69.8 Å². The Bertz CT molecular complexity index is 1140. The van der Waals surface area contributed by atoms with Crippen molar-refractivity contribution in [1.29, 1.82) is 0 Å². The van der Waals surface area contributed by atoms with Gasteiger partial charge in [0.1, 0.15) is 22.7 Å². The van der Waals surface area contributed by atoms with Crippen LogP contribution < -0.4 is 40.8 Å². The van der Waals surface area contributed by atoms with Gasteiger partial charge in [-0.3, -0.25) is 0 Å². The number of aromatic hydroxyl groups is 2. The molecule has 0 spiro atoms. The molecule has 0 aliphatic heterocycles. The van der Waals surface area contributed by atoms with Crippen molar-refractivity contribution in [2.45, 2.75) is 6.42 Å². The van der Waals surface area contributed by atoms with Crippen LogP contribution in [-0.4, -0.2) is 10.2 Å². The maximum absolute atomic E-state index is 12.2. The number of hydrogen-bond acceptors (Lipinski definition) is 6. The normalized spacial score (nSPS) is 10.8. The van der Waals surface area contributed by atoms with Crippen LogP contribution >= 0.6 is 0 Å². The molecule has 4 aromatic rings. The number of fused-ring (bicyclic) bond motifs is 2. The van der Waals surface area contributed by atoms with Crippen LogP contribution in [0.2, 0.25) is 0 Å². The van der Waals surface area contributed by atoms with E-state index < -0.39 is 11.3 Å². The van der Waals surface area contributed by atoms with Gasteiger partial charge in [-0.25, -0.2) is 9.59 Å². The molecular formula is C19H12NaO6+. The summed E-state index contributed by atoms with van der Waals surface area (Å²) in [5.41, 5.74) is -1.30. The van der Waals surface area contributed by atoms with E-state index in [0.717, 1.165) is 0 Å². The largest absolute Gasteiger partial charge is 1.00 e. The van der Waals surface area contributed by atoms with Crippen molar-refractivity contribution in [3.8, 4) is 11.5 Å². The van der Waals surface area contributed by atoms with E-state index in [9.17, 15) is 19.8 Å². The predicted molar refractivity (Wildman–Crippen MR) is 91.1 cm³/mol. The molecule has 0 aliphatic rings. The quantitative estimate of drug-likeness (QED) is 0.383. The van der Waals surface area contributed by atoms with Crippen molar-refractivity contribution < 1.29 is 48.6 Å². The van der Waals surface area contributed by atoms with Gasteiger partial charge >= 0.3 is 40.8 Å². The van der Waals surface area contributed by atoms with Crippen LogP contribution in [0, 0.1) is 0 Å². The van der Waals surface area contributed by atoms with Gasteiger partial charge in [-0.15, -0.1) is 0 Å². The molecule has 26 heavy (non-hydrogen) atoms. The van der Waals surface area contributed by atoms with Crippen LogP contribution in [0.4, 0.5) is 0 Å². The Morgan fingerprint density at radius 2 is 1.08 bits per heavy atom. The van der Waals surface area contributed by atoms with Gasteiger partial charge < -0.3 is 19.0 Å². The SMILES string of the molecule is O=c1oc2ccccc2c(O)c1Cc1c(O)c2ccccc2oc1=O.[Na+]. The summed E-state index contributed by atoms with van der Waals surface area (Å²) in [6, 6.07) is 13.0. The fraction of sp³-hybridized carbons (Fsp3) is 0.0526. The van der Waals surface area contributed by atoms with E-state index >= 15 is 0 Å². The second kappa shape index (κ2) is 6.99. The molecule has 124 valence electrons. The summed E-state index contributed by atoms with van der Waals surface area (Å²) in [6.07, 6.45) is -0.308. The predicted octanol–water partition coefficient (Wildman–Crippen LogP) is -0.0946. The van der Waals surface area contributed by atoms with Crippen molar-refractivity contribution >= 4 is 21.9 Å². The van der Waals surface area contributed by atoms with E-state index in [1.807, 2.05) is 0 Å². The van der Waals surface area contributed by atoms with Crippen LogP contribution in [0.5, 0.6) is 11.5 Å². The second-order valence-electron chi connectivity index (χ2n) is 5.60. The zero-order valence-corrected chi connectivity index (χ0v) is 15.9. The molecule has 2 aromatic carbocycles. The summed E-state index contributed by atoms with van der Waals surface area (Å²) in [6.45, 7) is 0. The van der Waals surface area contributed by atoms with Gasteiger partial charge in [-0.2, -0.15) is 0 Å². The van der Waals surface area contributed by atoms with Gasteiger partial charge in [-0.05, 0) is 24.3 Å². The van der Waals surface area contributed by atoms with E-state index in [4.69, 9.17) is 8.83 Å². The Balaban J connectivity index is 0.00000196. The Morgan fingerprint density at radius 3 is 1.50 bits per heavy atom. The zero-order valence-electron chi connectivity index (χ0n) is 13.9. The summed E-state index contributed by atoms with van der Waals surface area (Å²) in [7, 11) is 0. The molecule has 0 atom stereocenters. The van der Waals surface area contributed by atoms with Gasteiger partial charge in [0, 0.05) is 6.42 Å². The van der Waals surface area contributed by atoms with Crippen LogP contribution in [0.1, 0.15) is 11.1 Å². The third-order valence-electron chi connectivity index (χ3n) is 4.11. The fourth-order valence-electron chi connectivity index (χ4n) is 2.83. The van der Waals surface area contributed by atoms with E-state index in [0.29, 0.717) is 10.8 Å². The smallest absolute Gasteiger partial charge is 0.507 e. The minimum absolute atomic E-state index is 0. The summed E-state index contributed by atoms with van der Waals surface area (Å²) in [5, 5.41) is 21.5. The molecule has 0 aliphatic carbocycles. The Kier molecular flexibility index (Phi) is 4.91. The molecule has 0 fully saturated rings. The Labute approximate surface area is 168 Å². The van der Waals surface area contributed by atoms with Gasteiger partial charge in [0.15, 0.2) is 0 Å². The minimum atomic E-state index is -0.775. The molecule has 7 heteroatoms. The topological polar surface area (TPSA) is 101 Å². The average molecular weight is 359 g/mol. The molecule has 0 unspecified atom stereocenters. The molecule has 2 aromatic heterocycles. The monoisotopic (exact) mass is 359 g/mol. The summed E-state index contributed by atoms with van der Waals surface area (Å²) in [5.74, 6) is -0.558. The summed E-state index contributed by atoms with van der Waals surface area (Å²) < 4.78 is 10.4. The minimum Gasteiger partial charge on any atom is -0.507 e. The summed E-state index contributed by atoms with van der Waals surface area (Å²) in [4.78, 5) is 24.4. The third kappa shape index (κ3) is 2.92. The van der Waals surface area contributed by atoms with Gasteiger partial charge in [0.25, 0.3) is 0 Å². The van der Waals surface area contributed by atoms with E-state index in [1.165, 1.54) is 0 Å². The van der Waals surface area contributed by atoms with Gasteiger partial charge in [-0.1, -0.05) is 24.3 Å². The molecule has 0 bridgehead atoms. The molecule has 2 N–H and O–H groups in total. The first kappa shape index (κ1) is 18.3. The first-order chi connectivity index (χ1) is 12.1. The fourth-order valence-corrected chi connectivity index (χ4v) is 2.83.